The zero-order valence-corrected chi connectivity index (χ0v) is 21.7. The van der Waals surface area contributed by atoms with Crippen molar-refractivity contribution in [1.82, 2.24) is 5.32 Å². The van der Waals surface area contributed by atoms with Crippen molar-refractivity contribution in [2.75, 3.05) is 0 Å². The van der Waals surface area contributed by atoms with E-state index in [0.29, 0.717) is 41.2 Å². The number of halogens is 1. The molecule has 1 heterocycles. The quantitative estimate of drug-likeness (QED) is 0.456. The zero-order chi connectivity index (χ0) is 26.5. The molecule has 8 heteroatoms. The van der Waals surface area contributed by atoms with Crippen molar-refractivity contribution >= 4 is 23.2 Å². The van der Waals surface area contributed by atoms with E-state index in [-0.39, 0.29) is 33.7 Å². The Morgan fingerprint density at radius 3 is 2.53 bits per heavy atom. The lowest BCUT2D eigenvalue weighted by atomic mass is 9.85. The van der Waals surface area contributed by atoms with Crippen LogP contribution < -0.4 is 15.8 Å². The van der Waals surface area contributed by atoms with Crippen molar-refractivity contribution in [3.05, 3.63) is 83.2 Å². The van der Waals surface area contributed by atoms with Crippen LogP contribution in [0.2, 0.25) is 5.02 Å². The lowest BCUT2D eigenvalue weighted by molar-refractivity contribution is -0.162. The molecule has 2 aromatic carbocycles. The van der Waals surface area contributed by atoms with Gasteiger partial charge in [-0.2, -0.15) is 5.26 Å². The van der Waals surface area contributed by atoms with Gasteiger partial charge in [-0.15, -0.1) is 0 Å². The normalized spacial score (nSPS) is 17.4. The van der Waals surface area contributed by atoms with Gasteiger partial charge in [-0.3, -0.25) is 9.79 Å². The molecular weight excluding hydrogens is 476 g/mol. The summed E-state index contributed by atoms with van der Waals surface area (Å²) in [5, 5.41) is 13.2. The summed E-state index contributed by atoms with van der Waals surface area (Å²) >= 11 is 6.48. The standard InChI is InChI=1S/C28H31ClN4O3/c1-6-32-23(12-13-30)20-8-7-9-24(21(20)17-31)35-25-11-10-18(14-22(25)29)26(34)33-19-15-27(2,3)36-28(4,5)16-19/h6-14,19H,1,15-16,30H2,2-5H3,(H,33,34)/b13-12-,32-23+. The molecule has 1 saturated heterocycles. The van der Waals surface area contributed by atoms with Crippen molar-refractivity contribution in [1.29, 1.82) is 5.26 Å². The van der Waals surface area contributed by atoms with E-state index in [1.54, 1.807) is 42.5 Å². The number of amides is 1. The highest BCUT2D eigenvalue weighted by Crippen LogP contribution is 2.36. The van der Waals surface area contributed by atoms with Gasteiger partial charge in [0.25, 0.3) is 5.91 Å². The number of benzene rings is 2. The van der Waals surface area contributed by atoms with Gasteiger partial charge in [-0.25, -0.2) is 0 Å². The van der Waals surface area contributed by atoms with E-state index < -0.39 is 0 Å². The van der Waals surface area contributed by atoms with E-state index >= 15 is 0 Å². The maximum absolute atomic E-state index is 13.0. The number of rotatable bonds is 7. The van der Waals surface area contributed by atoms with Crippen molar-refractivity contribution in [2.24, 2.45) is 10.7 Å². The Morgan fingerprint density at radius 2 is 1.94 bits per heavy atom. The number of ether oxygens (including phenoxy) is 2. The van der Waals surface area contributed by atoms with Crippen LogP contribution in [-0.4, -0.2) is 28.9 Å². The number of hydrogen-bond donors (Lipinski definition) is 2. The molecule has 0 unspecified atom stereocenters. The molecule has 36 heavy (non-hydrogen) atoms. The highest BCUT2D eigenvalue weighted by molar-refractivity contribution is 6.32. The lowest BCUT2D eigenvalue weighted by Gasteiger charge is -2.45. The van der Waals surface area contributed by atoms with Crippen molar-refractivity contribution in [2.45, 2.75) is 57.8 Å². The van der Waals surface area contributed by atoms with E-state index in [1.165, 1.54) is 12.4 Å². The van der Waals surface area contributed by atoms with E-state index in [1.807, 2.05) is 27.7 Å². The van der Waals surface area contributed by atoms with E-state index in [9.17, 15) is 10.1 Å². The molecular formula is C28H31ClN4O3. The number of allylic oxidation sites excluding steroid dienone is 1. The smallest absolute Gasteiger partial charge is 0.251 e. The average Bonchev–Trinajstić information content (AvgIpc) is 2.78. The molecule has 7 nitrogen and oxygen atoms in total. The third-order valence-electron chi connectivity index (χ3n) is 5.68. The predicted molar refractivity (Wildman–Crippen MR) is 142 cm³/mol. The molecule has 0 atom stereocenters. The van der Waals surface area contributed by atoms with Crippen molar-refractivity contribution in [3.8, 4) is 17.6 Å². The minimum absolute atomic E-state index is 0.0270. The van der Waals surface area contributed by atoms with Crippen LogP contribution in [0.5, 0.6) is 11.5 Å². The van der Waals surface area contributed by atoms with Gasteiger partial charge in [0.05, 0.1) is 21.9 Å². The van der Waals surface area contributed by atoms with Crippen molar-refractivity contribution in [3.63, 3.8) is 0 Å². The molecule has 3 N–H and O–H groups in total. The van der Waals surface area contributed by atoms with E-state index in [0.717, 1.165) is 0 Å². The zero-order valence-electron chi connectivity index (χ0n) is 21.0. The number of nitriles is 1. The van der Waals surface area contributed by atoms with Gasteiger partial charge < -0.3 is 20.5 Å². The van der Waals surface area contributed by atoms with Crippen LogP contribution in [0.1, 0.15) is 62.0 Å². The third-order valence-corrected chi connectivity index (χ3v) is 5.97. The maximum atomic E-state index is 13.0. The van der Waals surface area contributed by atoms with Gasteiger partial charge in [0.1, 0.15) is 23.1 Å². The fraction of sp³-hybridized carbons (Fsp3) is 0.321. The molecule has 1 aliphatic heterocycles. The molecule has 0 saturated carbocycles. The second-order valence-corrected chi connectivity index (χ2v) is 10.2. The number of aliphatic imine (C=N–C) groups is 1. The average molecular weight is 507 g/mol. The molecule has 0 aliphatic carbocycles. The Labute approximate surface area is 217 Å². The third kappa shape index (κ3) is 6.54. The molecule has 188 valence electrons. The summed E-state index contributed by atoms with van der Waals surface area (Å²) in [5.74, 6) is 0.384. The minimum Gasteiger partial charge on any atom is -0.454 e. The monoisotopic (exact) mass is 506 g/mol. The minimum atomic E-state index is -0.335. The molecule has 0 radical (unpaired) electrons. The van der Waals surface area contributed by atoms with Gasteiger partial charge in [0, 0.05) is 23.4 Å². The first-order chi connectivity index (χ1) is 17.0. The second kappa shape index (κ2) is 11.0. The number of nitrogens with zero attached hydrogens (tertiary/aromatic N) is 2. The van der Waals surface area contributed by atoms with E-state index in [4.69, 9.17) is 26.8 Å². The molecule has 0 spiro atoms. The summed E-state index contributed by atoms with van der Waals surface area (Å²) < 4.78 is 12.1. The number of nitrogens with one attached hydrogen (secondary N) is 1. The second-order valence-electron chi connectivity index (χ2n) is 9.79. The highest BCUT2D eigenvalue weighted by atomic mass is 35.5. The summed E-state index contributed by atoms with van der Waals surface area (Å²) in [6.07, 6.45) is 5.69. The molecule has 3 rings (SSSR count). The van der Waals surface area contributed by atoms with Gasteiger partial charge in [-0.1, -0.05) is 30.3 Å². The summed E-state index contributed by atoms with van der Waals surface area (Å²) in [4.78, 5) is 17.2. The summed E-state index contributed by atoms with van der Waals surface area (Å²) in [6, 6.07) is 12.1. The van der Waals surface area contributed by atoms with Crippen LogP contribution in [0, 0.1) is 11.3 Å². The van der Waals surface area contributed by atoms with Crippen LogP contribution >= 0.6 is 11.6 Å². The maximum Gasteiger partial charge on any atom is 0.251 e. The SMILES string of the molecule is C=C/N=C(\C=C/N)c1cccc(Oc2ccc(C(=O)NC3CC(C)(C)OC(C)(C)C3)cc2Cl)c1C#N. The van der Waals surface area contributed by atoms with Crippen LogP contribution in [0.4, 0.5) is 0 Å². The Balaban J connectivity index is 1.82. The van der Waals surface area contributed by atoms with Crippen LogP contribution in [0.25, 0.3) is 0 Å². The molecule has 1 fully saturated rings. The number of hydrogen-bond acceptors (Lipinski definition) is 6. The fourth-order valence-corrected chi connectivity index (χ4v) is 4.86. The summed E-state index contributed by atoms with van der Waals surface area (Å²) in [5.41, 5.74) is 6.53. The topological polar surface area (TPSA) is 110 Å². The first kappa shape index (κ1) is 27.0. The fourth-order valence-electron chi connectivity index (χ4n) is 4.64. The first-order valence-corrected chi connectivity index (χ1v) is 12.0. The van der Waals surface area contributed by atoms with Gasteiger partial charge >= 0.3 is 0 Å². The van der Waals surface area contributed by atoms with E-state index in [2.05, 4.69) is 23.0 Å². The Morgan fingerprint density at radius 1 is 1.25 bits per heavy atom. The molecule has 0 bridgehead atoms. The van der Waals surface area contributed by atoms with Gasteiger partial charge in [-0.05, 0) is 77.1 Å². The largest absolute Gasteiger partial charge is 0.454 e. The van der Waals surface area contributed by atoms with Crippen LogP contribution in [-0.2, 0) is 4.74 Å². The number of carbonyl (C=O) groups excluding carboxylic acids is 1. The van der Waals surface area contributed by atoms with Gasteiger partial charge in [0.2, 0.25) is 0 Å². The molecule has 2 aromatic rings. The summed E-state index contributed by atoms with van der Waals surface area (Å²) in [6.45, 7) is 11.7. The highest BCUT2D eigenvalue weighted by Gasteiger charge is 2.39. The van der Waals surface area contributed by atoms with Gasteiger partial charge in [0.15, 0.2) is 0 Å². The molecule has 0 aromatic heterocycles. The lowest BCUT2D eigenvalue weighted by Crippen LogP contribution is -2.52. The van der Waals surface area contributed by atoms with Crippen LogP contribution in [0.3, 0.4) is 0 Å². The van der Waals surface area contributed by atoms with Crippen LogP contribution in [0.15, 0.2) is 66.4 Å². The summed E-state index contributed by atoms with van der Waals surface area (Å²) in [7, 11) is 0. The predicted octanol–water partition coefficient (Wildman–Crippen LogP) is 5.87. The first-order valence-electron chi connectivity index (χ1n) is 11.6. The Kier molecular flexibility index (Phi) is 8.24. The molecule has 1 amide bonds. The number of carbonyl (C=O) groups is 1. The Bertz CT molecular complexity index is 1240. The molecule has 1 aliphatic rings. The number of nitrogens with two attached hydrogens (primary N) is 1. The Hall–Kier alpha value is -3.60. The van der Waals surface area contributed by atoms with Crippen molar-refractivity contribution < 1.29 is 14.3 Å².